The van der Waals surface area contributed by atoms with Crippen molar-refractivity contribution in [1.29, 1.82) is 0 Å². The lowest BCUT2D eigenvalue weighted by Crippen LogP contribution is -2.51. The van der Waals surface area contributed by atoms with Gasteiger partial charge in [0.2, 0.25) is 10.0 Å². The maximum Gasteiger partial charge on any atom is 0.321 e. The molecule has 0 aromatic heterocycles. The van der Waals surface area contributed by atoms with Gasteiger partial charge in [0.25, 0.3) is 0 Å². The first-order valence-corrected chi connectivity index (χ1v) is 10.2. The number of carbonyl (C=O) groups excluding carboxylic acids is 1. The van der Waals surface area contributed by atoms with Gasteiger partial charge in [0.1, 0.15) is 0 Å². The monoisotopic (exact) mass is 405 g/mol. The zero-order valence-corrected chi connectivity index (χ0v) is 16.6. The molecule has 0 atom stereocenters. The van der Waals surface area contributed by atoms with Crippen LogP contribution in [0.4, 0.5) is 10.5 Å². The second-order valence-electron chi connectivity index (χ2n) is 6.20. The number of ether oxygens (including phenoxy) is 2. The van der Waals surface area contributed by atoms with E-state index >= 15 is 0 Å². The summed E-state index contributed by atoms with van der Waals surface area (Å²) in [5.41, 5.74) is 0.702. The standard InChI is InChI=1S/C19H23N3O5S/c1-26-17-9-8-16(14-18(17)27-2)28(24,25)22-12-10-21(11-13-22)19(23)20-15-6-4-3-5-7-15/h3-9,14H,10-13H2,1-2H3,(H,20,23). The topological polar surface area (TPSA) is 88.2 Å². The molecule has 28 heavy (non-hydrogen) atoms. The number of rotatable bonds is 5. The molecular weight excluding hydrogens is 382 g/mol. The number of urea groups is 1. The van der Waals surface area contributed by atoms with Crippen molar-refractivity contribution in [1.82, 2.24) is 9.21 Å². The Hall–Kier alpha value is -2.78. The van der Waals surface area contributed by atoms with Gasteiger partial charge in [-0.2, -0.15) is 4.31 Å². The van der Waals surface area contributed by atoms with E-state index in [0.717, 1.165) is 0 Å². The quantitative estimate of drug-likeness (QED) is 0.824. The van der Waals surface area contributed by atoms with E-state index in [9.17, 15) is 13.2 Å². The number of nitrogens with one attached hydrogen (secondary N) is 1. The molecule has 9 heteroatoms. The lowest BCUT2D eigenvalue weighted by atomic mass is 10.3. The summed E-state index contributed by atoms with van der Waals surface area (Å²) in [7, 11) is -0.740. The Labute approximate surface area is 164 Å². The third kappa shape index (κ3) is 4.20. The Morgan fingerprint density at radius 2 is 1.57 bits per heavy atom. The molecule has 0 unspecified atom stereocenters. The number of piperazine rings is 1. The van der Waals surface area contributed by atoms with Crippen LogP contribution in [0.25, 0.3) is 0 Å². The van der Waals surface area contributed by atoms with Gasteiger partial charge in [-0.15, -0.1) is 0 Å². The highest BCUT2D eigenvalue weighted by Crippen LogP contribution is 2.30. The highest BCUT2D eigenvalue weighted by atomic mass is 32.2. The lowest BCUT2D eigenvalue weighted by molar-refractivity contribution is 0.184. The smallest absolute Gasteiger partial charge is 0.321 e. The highest BCUT2D eigenvalue weighted by Gasteiger charge is 2.30. The number of sulfonamides is 1. The van der Waals surface area contributed by atoms with Crippen molar-refractivity contribution >= 4 is 21.7 Å². The van der Waals surface area contributed by atoms with Gasteiger partial charge >= 0.3 is 6.03 Å². The number of amides is 2. The van der Waals surface area contributed by atoms with Crippen molar-refractivity contribution in [3.8, 4) is 11.5 Å². The van der Waals surface area contributed by atoms with E-state index in [1.807, 2.05) is 18.2 Å². The van der Waals surface area contributed by atoms with Crippen molar-refractivity contribution in [3.63, 3.8) is 0 Å². The molecule has 8 nitrogen and oxygen atoms in total. The average Bonchev–Trinajstić information content (AvgIpc) is 2.74. The minimum atomic E-state index is -3.69. The predicted molar refractivity (Wildman–Crippen MR) is 105 cm³/mol. The number of hydrogen-bond donors (Lipinski definition) is 1. The zero-order chi connectivity index (χ0) is 20.1. The first kappa shape index (κ1) is 20.0. The molecule has 0 radical (unpaired) electrons. The van der Waals surface area contributed by atoms with Crippen LogP contribution in [0, 0.1) is 0 Å². The zero-order valence-electron chi connectivity index (χ0n) is 15.8. The fourth-order valence-corrected chi connectivity index (χ4v) is 4.42. The number of methoxy groups -OCH3 is 2. The minimum Gasteiger partial charge on any atom is -0.493 e. The van der Waals surface area contributed by atoms with Gasteiger partial charge in [0, 0.05) is 37.9 Å². The van der Waals surface area contributed by atoms with Crippen LogP contribution < -0.4 is 14.8 Å². The number of para-hydroxylation sites is 1. The molecule has 2 amide bonds. The summed E-state index contributed by atoms with van der Waals surface area (Å²) in [5.74, 6) is 0.813. The molecule has 0 aliphatic carbocycles. The van der Waals surface area contributed by atoms with Gasteiger partial charge in [-0.3, -0.25) is 0 Å². The Morgan fingerprint density at radius 1 is 0.929 bits per heavy atom. The molecule has 1 aliphatic rings. The molecule has 150 valence electrons. The molecule has 1 saturated heterocycles. The summed E-state index contributed by atoms with van der Waals surface area (Å²) in [6.07, 6.45) is 0. The third-order valence-electron chi connectivity index (χ3n) is 4.54. The second kappa shape index (κ2) is 8.49. The fraction of sp³-hybridized carbons (Fsp3) is 0.316. The van der Waals surface area contributed by atoms with Crippen LogP contribution >= 0.6 is 0 Å². The van der Waals surface area contributed by atoms with E-state index < -0.39 is 10.0 Å². The Balaban J connectivity index is 1.66. The number of anilines is 1. The largest absolute Gasteiger partial charge is 0.493 e. The van der Waals surface area contributed by atoms with E-state index in [2.05, 4.69) is 5.32 Å². The summed E-state index contributed by atoms with van der Waals surface area (Å²) in [6, 6.07) is 13.4. The minimum absolute atomic E-state index is 0.132. The molecule has 1 fully saturated rings. The van der Waals surface area contributed by atoms with Crippen molar-refractivity contribution in [2.75, 3.05) is 45.7 Å². The molecule has 1 aliphatic heterocycles. The summed E-state index contributed by atoms with van der Waals surface area (Å²) in [6.45, 7) is 1.06. The van der Waals surface area contributed by atoms with E-state index in [1.54, 1.807) is 23.1 Å². The van der Waals surface area contributed by atoms with Crippen molar-refractivity contribution in [3.05, 3.63) is 48.5 Å². The van der Waals surface area contributed by atoms with Gasteiger partial charge < -0.3 is 19.7 Å². The molecule has 2 aromatic rings. The van der Waals surface area contributed by atoms with Crippen LogP contribution in [0.3, 0.4) is 0 Å². The summed E-state index contributed by atoms with van der Waals surface area (Å²) in [4.78, 5) is 14.1. The van der Waals surface area contributed by atoms with Crippen LogP contribution in [0.15, 0.2) is 53.4 Å². The first-order valence-electron chi connectivity index (χ1n) is 8.79. The van der Waals surface area contributed by atoms with E-state index in [4.69, 9.17) is 9.47 Å². The third-order valence-corrected chi connectivity index (χ3v) is 6.44. The van der Waals surface area contributed by atoms with E-state index in [1.165, 1.54) is 30.7 Å². The number of carbonyl (C=O) groups is 1. The molecule has 2 aromatic carbocycles. The highest BCUT2D eigenvalue weighted by molar-refractivity contribution is 7.89. The van der Waals surface area contributed by atoms with Crippen molar-refractivity contribution < 1.29 is 22.7 Å². The maximum atomic E-state index is 12.9. The van der Waals surface area contributed by atoms with Crippen LogP contribution in [0.2, 0.25) is 0 Å². The maximum absolute atomic E-state index is 12.9. The van der Waals surface area contributed by atoms with Crippen LogP contribution in [-0.2, 0) is 10.0 Å². The van der Waals surface area contributed by atoms with Gasteiger partial charge in [-0.25, -0.2) is 13.2 Å². The van der Waals surface area contributed by atoms with Crippen LogP contribution in [0.5, 0.6) is 11.5 Å². The number of hydrogen-bond acceptors (Lipinski definition) is 5. The molecule has 0 bridgehead atoms. The summed E-state index contributed by atoms with van der Waals surface area (Å²) in [5, 5.41) is 2.81. The summed E-state index contributed by atoms with van der Waals surface area (Å²) < 4.78 is 37.6. The molecule has 0 spiro atoms. The normalized spacial score (nSPS) is 15.1. The van der Waals surface area contributed by atoms with Crippen LogP contribution in [0.1, 0.15) is 0 Å². The van der Waals surface area contributed by atoms with Crippen molar-refractivity contribution in [2.45, 2.75) is 4.90 Å². The Bertz CT molecular complexity index is 926. The predicted octanol–water partition coefficient (Wildman–Crippen LogP) is 2.24. The van der Waals surface area contributed by atoms with Crippen molar-refractivity contribution in [2.24, 2.45) is 0 Å². The van der Waals surface area contributed by atoms with Gasteiger partial charge in [-0.1, -0.05) is 18.2 Å². The van der Waals surface area contributed by atoms with E-state index in [0.29, 0.717) is 30.3 Å². The number of benzene rings is 2. The van der Waals surface area contributed by atoms with Gasteiger partial charge in [-0.05, 0) is 24.3 Å². The fourth-order valence-electron chi connectivity index (χ4n) is 2.98. The molecule has 0 saturated carbocycles. The SMILES string of the molecule is COc1ccc(S(=O)(=O)N2CCN(C(=O)Nc3ccccc3)CC2)cc1OC. The molecular formula is C19H23N3O5S. The Morgan fingerprint density at radius 3 is 2.18 bits per heavy atom. The van der Waals surface area contributed by atoms with E-state index in [-0.39, 0.29) is 24.0 Å². The summed E-state index contributed by atoms with van der Waals surface area (Å²) >= 11 is 0. The van der Waals surface area contributed by atoms with Gasteiger partial charge in [0.15, 0.2) is 11.5 Å². The molecule has 3 rings (SSSR count). The molecule has 1 N–H and O–H groups in total. The second-order valence-corrected chi connectivity index (χ2v) is 8.14. The average molecular weight is 405 g/mol. The first-order chi connectivity index (χ1) is 13.5. The number of nitrogens with zero attached hydrogens (tertiary/aromatic N) is 2. The lowest BCUT2D eigenvalue weighted by Gasteiger charge is -2.34. The van der Waals surface area contributed by atoms with Gasteiger partial charge in [0.05, 0.1) is 19.1 Å². The molecule has 1 heterocycles. The van der Waals surface area contributed by atoms with Crippen LogP contribution in [-0.4, -0.2) is 64.1 Å². The Kier molecular flexibility index (Phi) is 6.05.